The molecule has 1 aromatic heterocycles. The molecule has 3 aromatic rings. The van der Waals surface area contributed by atoms with E-state index in [1.165, 1.54) is 29.1 Å². The van der Waals surface area contributed by atoms with Crippen molar-refractivity contribution in [1.82, 2.24) is 9.55 Å². The predicted molar refractivity (Wildman–Crippen MR) is 124 cm³/mol. The molecule has 10 nitrogen and oxygen atoms in total. The van der Waals surface area contributed by atoms with E-state index in [1.54, 1.807) is 6.07 Å². The number of fused-ring (bicyclic) bond motifs is 1. The molecule has 0 aliphatic carbocycles. The second-order valence-electron chi connectivity index (χ2n) is 7.66. The normalized spacial score (nSPS) is 13.1. The number of benzene rings is 2. The summed E-state index contributed by atoms with van der Waals surface area (Å²) in [6.07, 6.45) is 2.18. The molecular weight excluding hydrogens is 508 g/mol. The molecule has 184 valence electrons. The number of urea groups is 1. The number of hydrogen-bond acceptors (Lipinski definition) is 6. The van der Waals surface area contributed by atoms with Crippen LogP contribution < -0.4 is 25.2 Å². The van der Waals surface area contributed by atoms with Gasteiger partial charge in [-0.2, -0.15) is 0 Å². The number of sulfonamides is 1. The van der Waals surface area contributed by atoms with Gasteiger partial charge in [-0.15, -0.1) is 0 Å². The second kappa shape index (κ2) is 9.15. The van der Waals surface area contributed by atoms with Crippen LogP contribution in [0.25, 0.3) is 0 Å². The Morgan fingerprint density at radius 2 is 1.94 bits per heavy atom. The van der Waals surface area contributed by atoms with Crippen LogP contribution in [-0.4, -0.2) is 36.9 Å². The SMILES string of the molecule is CS(=O)(=O)N1CN(C(N)=O)c2cc(Cn3cnc(OCc4ccc(F)cc4F)c(Cl)c3=O)ccc21. The molecule has 2 amide bonds. The lowest BCUT2D eigenvalue weighted by atomic mass is 10.1. The van der Waals surface area contributed by atoms with Crippen LogP contribution >= 0.6 is 11.6 Å². The molecule has 2 N–H and O–H groups in total. The van der Waals surface area contributed by atoms with Gasteiger partial charge in [-0.3, -0.25) is 14.3 Å². The zero-order valence-corrected chi connectivity index (χ0v) is 19.7. The van der Waals surface area contributed by atoms with Crippen LogP contribution in [0.4, 0.5) is 25.0 Å². The third-order valence-electron chi connectivity index (χ3n) is 5.22. The lowest BCUT2D eigenvalue weighted by Gasteiger charge is -2.16. The summed E-state index contributed by atoms with van der Waals surface area (Å²) in [5.41, 5.74) is 5.87. The fourth-order valence-electron chi connectivity index (χ4n) is 3.49. The van der Waals surface area contributed by atoms with Crippen molar-refractivity contribution in [2.45, 2.75) is 13.2 Å². The number of ether oxygens (including phenoxy) is 1. The lowest BCUT2D eigenvalue weighted by Crippen LogP contribution is -2.40. The Balaban J connectivity index is 1.57. The molecule has 14 heteroatoms. The molecule has 0 bridgehead atoms. The molecule has 4 rings (SSSR count). The Labute approximate surface area is 203 Å². The number of hydrogen-bond donors (Lipinski definition) is 1. The zero-order chi connectivity index (χ0) is 25.5. The van der Waals surface area contributed by atoms with Gasteiger partial charge < -0.3 is 10.5 Å². The first-order valence-electron chi connectivity index (χ1n) is 9.95. The number of aromatic nitrogens is 2. The summed E-state index contributed by atoms with van der Waals surface area (Å²) in [5, 5.41) is -0.349. The van der Waals surface area contributed by atoms with E-state index >= 15 is 0 Å². The number of nitrogens with zero attached hydrogens (tertiary/aromatic N) is 4. The Bertz CT molecular complexity index is 1500. The number of anilines is 2. The first-order valence-corrected chi connectivity index (χ1v) is 12.2. The molecule has 0 unspecified atom stereocenters. The van der Waals surface area contributed by atoms with Crippen LogP contribution in [-0.2, 0) is 23.2 Å². The molecule has 2 heterocycles. The second-order valence-corrected chi connectivity index (χ2v) is 9.95. The first-order chi connectivity index (χ1) is 16.5. The van der Waals surface area contributed by atoms with Crippen molar-refractivity contribution in [2.24, 2.45) is 5.73 Å². The number of amides is 2. The van der Waals surface area contributed by atoms with Crippen LogP contribution in [0.1, 0.15) is 11.1 Å². The highest BCUT2D eigenvalue weighted by atomic mass is 35.5. The highest BCUT2D eigenvalue weighted by Crippen LogP contribution is 2.38. The molecule has 35 heavy (non-hydrogen) atoms. The van der Waals surface area contributed by atoms with Crippen molar-refractivity contribution in [3.8, 4) is 5.88 Å². The Kier molecular flexibility index (Phi) is 6.38. The van der Waals surface area contributed by atoms with Crippen LogP contribution in [0.2, 0.25) is 5.02 Å². The van der Waals surface area contributed by atoms with Gasteiger partial charge in [0.1, 0.15) is 31.2 Å². The third kappa shape index (κ3) is 4.91. The van der Waals surface area contributed by atoms with Gasteiger partial charge in [-0.25, -0.2) is 31.3 Å². The number of nitrogens with two attached hydrogens (primary N) is 1. The van der Waals surface area contributed by atoms with E-state index in [2.05, 4.69) is 4.98 Å². The van der Waals surface area contributed by atoms with E-state index in [0.717, 1.165) is 21.5 Å². The van der Waals surface area contributed by atoms with Crippen molar-refractivity contribution in [1.29, 1.82) is 0 Å². The van der Waals surface area contributed by atoms with Crippen molar-refractivity contribution < 1.29 is 26.7 Å². The fourth-order valence-corrected chi connectivity index (χ4v) is 4.54. The van der Waals surface area contributed by atoms with Gasteiger partial charge in [0.05, 0.1) is 24.2 Å². The van der Waals surface area contributed by atoms with Crippen LogP contribution in [0, 0.1) is 11.6 Å². The maximum Gasteiger partial charge on any atom is 0.320 e. The Hall–Kier alpha value is -3.71. The van der Waals surface area contributed by atoms with Gasteiger partial charge in [-0.1, -0.05) is 17.7 Å². The number of carbonyl (C=O) groups is 1. The van der Waals surface area contributed by atoms with Crippen molar-refractivity contribution in [2.75, 3.05) is 22.1 Å². The van der Waals surface area contributed by atoms with Crippen LogP contribution in [0.5, 0.6) is 5.88 Å². The fraction of sp³-hybridized carbons (Fsp3) is 0.190. The van der Waals surface area contributed by atoms with Gasteiger partial charge in [0.2, 0.25) is 15.9 Å². The number of halogens is 3. The van der Waals surface area contributed by atoms with E-state index in [9.17, 15) is 26.8 Å². The minimum atomic E-state index is -3.66. The van der Waals surface area contributed by atoms with E-state index in [-0.39, 0.29) is 47.7 Å². The topological polar surface area (TPSA) is 128 Å². The van der Waals surface area contributed by atoms with Gasteiger partial charge >= 0.3 is 6.03 Å². The maximum absolute atomic E-state index is 13.8. The quantitative estimate of drug-likeness (QED) is 0.526. The van der Waals surface area contributed by atoms with E-state index < -0.39 is 33.2 Å². The average Bonchev–Trinajstić information content (AvgIpc) is 3.17. The maximum atomic E-state index is 13.8. The van der Waals surface area contributed by atoms with Gasteiger partial charge in [0, 0.05) is 11.6 Å². The number of carbonyl (C=O) groups excluding carboxylic acids is 1. The molecule has 0 atom stereocenters. The van der Waals surface area contributed by atoms with Gasteiger partial charge in [0.25, 0.3) is 5.56 Å². The Morgan fingerprint density at radius 1 is 1.20 bits per heavy atom. The Morgan fingerprint density at radius 3 is 2.60 bits per heavy atom. The monoisotopic (exact) mass is 525 g/mol. The van der Waals surface area contributed by atoms with Crippen molar-refractivity contribution in [3.63, 3.8) is 0 Å². The summed E-state index contributed by atoms with van der Waals surface area (Å²) in [5.74, 6) is -1.78. The van der Waals surface area contributed by atoms with E-state index in [4.69, 9.17) is 22.1 Å². The summed E-state index contributed by atoms with van der Waals surface area (Å²) >= 11 is 6.11. The highest BCUT2D eigenvalue weighted by Gasteiger charge is 2.34. The molecule has 0 spiro atoms. The molecule has 0 fully saturated rings. The summed E-state index contributed by atoms with van der Waals surface area (Å²) in [6.45, 7) is -0.606. The summed E-state index contributed by atoms with van der Waals surface area (Å²) in [6, 6.07) is 6.76. The van der Waals surface area contributed by atoms with E-state index in [1.807, 2.05) is 0 Å². The predicted octanol–water partition coefficient (Wildman–Crippen LogP) is 2.42. The molecule has 0 saturated carbocycles. The van der Waals surface area contributed by atoms with Crippen molar-refractivity contribution in [3.05, 3.63) is 80.9 Å². The zero-order valence-electron chi connectivity index (χ0n) is 18.1. The minimum Gasteiger partial charge on any atom is -0.471 e. The molecular formula is C21H18ClF2N5O5S. The summed E-state index contributed by atoms with van der Waals surface area (Å²) in [7, 11) is -3.66. The number of primary amides is 1. The van der Waals surface area contributed by atoms with Gasteiger partial charge in [-0.05, 0) is 29.8 Å². The van der Waals surface area contributed by atoms with E-state index in [0.29, 0.717) is 11.6 Å². The van der Waals surface area contributed by atoms with Crippen LogP contribution in [0.15, 0.2) is 47.5 Å². The highest BCUT2D eigenvalue weighted by molar-refractivity contribution is 7.92. The standard InChI is InChI=1S/C21H18ClF2N5O5S/c1-35(32,33)29-11-28(21(25)31)17-6-12(2-5-16(17)29)8-27-10-26-19(18(22)20(27)30)34-9-13-3-4-14(23)7-15(13)24/h2-7,10H,8-9,11H2,1H3,(H2,25,31). The lowest BCUT2D eigenvalue weighted by molar-refractivity contribution is 0.254. The largest absolute Gasteiger partial charge is 0.471 e. The molecule has 2 aromatic carbocycles. The first kappa shape index (κ1) is 24.4. The number of rotatable bonds is 6. The molecule has 0 saturated heterocycles. The third-order valence-corrected chi connectivity index (χ3v) is 6.65. The van der Waals surface area contributed by atoms with Gasteiger partial charge in [0.15, 0.2) is 5.02 Å². The average molecular weight is 526 g/mol. The summed E-state index contributed by atoms with van der Waals surface area (Å²) < 4.78 is 58.5. The molecule has 1 aliphatic heterocycles. The minimum absolute atomic E-state index is 0.0167. The summed E-state index contributed by atoms with van der Waals surface area (Å²) in [4.78, 5) is 29.6. The smallest absolute Gasteiger partial charge is 0.320 e. The van der Waals surface area contributed by atoms with Crippen LogP contribution in [0.3, 0.4) is 0 Å². The molecule has 0 radical (unpaired) electrons. The van der Waals surface area contributed by atoms with Crippen molar-refractivity contribution >= 4 is 39.0 Å². The molecule has 1 aliphatic rings.